The van der Waals surface area contributed by atoms with Gasteiger partial charge in [0.05, 0.1) is 0 Å². The third kappa shape index (κ3) is 9.12. The molecule has 2 aliphatic heterocycles. The van der Waals surface area contributed by atoms with Crippen LogP contribution < -0.4 is 21.4 Å². The third-order valence-electron chi connectivity index (χ3n) is 8.06. The normalized spacial score (nSPS) is 23.1. The highest BCUT2D eigenvalue weighted by Crippen LogP contribution is 2.21. The van der Waals surface area contributed by atoms with Gasteiger partial charge in [0.2, 0.25) is 29.5 Å². The molecule has 5 amide bonds. The first kappa shape index (κ1) is 31.7. The van der Waals surface area contributed by atoms with Gasteiger partial charge in [-0.1, -0.05) is 73.5 Å². The zero-order chi connectivity index (χ0) is 30.6. The first-order chi connectivity index (χ1) is 20.9. The molecule has 4 atom stereocenters. The highest BCUT2D eigenvalue weighted by atomic mass is 16.5. The van der Waals surface area contributed by atoms with E-state index in [0.717, 1.165) is 24.0 Å². The average Bonchev–Trinajstić information content (AvgIpc) is 3.03. The number of piperidine rings is 1. The number of fused-ring (bicyclic) bond motifs is 1. The molecule has 0 saturated carbocycles. The summed E-state index contributed by atoms with van der Waals surface area (Å²) in [6.45, 7) is 0.384. The molecule has 230 valence electrons. The zero-order valence-electron chi connectivity index (χ0n) is 24.3. The van der Waals surface area contributed by atoms with E-state index in [0.29, 0.717) is 32.2 Å². The summed E-state index contributed by atoms with van der Waals surface area (Å²) in [6.07, 6.45) is 4.47. The van der Waals surface area contributed by atoms with Crippen LogP contribution >= 0.6 is 0 Å². The van der Waals surface area contributed by atoms with Crippen molar-refractivity contribution < 1.29 is 29.2 Å². The van der Waals surface area contributed by atoms with Crippen molar-refractivity contribution in [3.05, 3.63) is 71.8 Å². The van der Waals surface area contributed by atoms with E-state index >= 15 is 0 Å². The number of nitrogens with one attached hydrogen (secondary N) is 4. The third-order valence-corrected chi connectivity index (χ3v) is 8.06. The van der Waals surface area contributed by atoms with Gasteiger partial charge in [0.1, 0.15) is 24.2 Å². The minimum absolute atomic E-state index is 0.141. The number of amides is 5. The number of hydrogen-bond acceptors (Lipinski definition) is 6. The number of unbranched alkanes of at least 4 members (excludes halogenated alkanes) is 2. The highest BCUT2D eigenvalue weighted by Gasteiger charge is 2.39. The Bertz CT molecular complexity index is 1260. The molecular formula is C32H41N5O6. The largest absolute Gasteiger partial charge is 0.343 e. The molecule has 0 spiro atoms. The quantitative estimate of drug-likeness (QED) is 0.161. The summed E-state index contributed by atoms with van der Waals surface area (Å²) in [7, 11) is 0. The van der Waals surface area contributed by atoms with Crippen LogP contribution in [0.5, 0.6) is 0 Å². The predicted octanol–water partition coefficient (Wildman–Crippen LogP) is 1.78. The van der Waals surface area contributed by atoms with E-state index in [1.165, 1.54) is 0 Å². The van der Waals surface area contributed by atoms with Crippen LogP contribution in [0.15, 0.2) is 60.7 Å². The average molecular weight is 592 g/mol. The van der Waals surface area contributed by atoms with Crippen LogP contribution in [0, 0.1) is 0 Å². The fourth-order valence-electron chi connectivity index (χ4n) is 5.73. The van der Waals surface area contributed by atoms with Crippen molar-refractivity contribution in [1.29, 1.82) is 0 Å². The van der Waals surface area contributed by atoms with Gasteiger partial charge in [0, 0.05) is 25.8 Å². The minimum atomic E-state index is -0.981. The fraction of sp³-hybridized carbons (Fsp3) is 0.469. The summed E-state index contributed by atoms with van der Waals surface area (Å²) in [4.78, 5) is 68.0. The first-order valence-electron chi connectivity index (χ1n) is 15.1. The van der Waals surface area contributed by atoms with E-state index in [1.807, 2.05) is 60.7 Å². The van der Waals surface area contributed by atoms with Crippen LogP contribution in [0.2, 0.25) is 0 Å². The monoisotopic (exact) mass is 591 g/mol. The second-order valence-electron chi connectivity index (χ2n) is 11.2. The number of nitrogens with zero attached hydrogens (tertiary/aromatic N) is 1. The van der Waals surface area contributed by atoms with Gasteiger partial charge in [0.15, 0.2) is 0 Å². The molecule has 43 heavy (non-hydrogen) atoms. The summed E-state index contributed by atoms with van der Waals surface area (Å²) in [6, 6.07) is 15.1. The summed E-state index contributed by atoms with van der Waals surface area (Å²) < 4.78 is 0. The van der Waals surface area contributed by atoms with Crippen molar-refractivity contribution in [2.24, 2.45) is 0 Å². The Morgan fingerprint density at radius 1 is 0.744 bits per heavy atom. The molecule has 11 nitrogen and oxygen atoms in total. The number of hydrogen-bond donors (Lipinski definition) is 5. The van der Waals surface area contributed by atoms with Gasteiger partial charge in [-0.3, -0.25) is 29.2 Å². The number of carbonyl (C=O) groups is 5. The van der Waals surface area contributed by atoms with Gasteiger partial charge < -0.3 is 20.9 Å². The molecule has 11 heteroatoms. The van der Waals surface area contributed by atoms with E-state index in [2.05, 4.69) is 16.0 Å². The molecule has 2 aromatic rings. The van der Waals surface area contributed by atoms with Crippen LogP contribution in [0.25, 0.3) is 0 Å². The summed E-state index contributed by atoms with van der Waals surface area (Å²) in [5.74, 6) is -2.15. The maximum atomic E-state index is 14.0. The Morgan fingerprint density at radius 2 is 1.33 bits per heavy atom. The first-order valence-corrected chi connectivity index (χ1v) is 15.1. The van der Waals surface area contributed by atoms with Crippen LogP contribution in [0.3, 0.4) is 0 Å². The van der Waals surface area contributed by atoms with Gasteiger partial charge in [-0.05, 0) is 43.2 Å². The van der Waals surface area contributed by atoms with Crippen molar-refractivity contribution in [3.63, 3.8) is 0 Å². The maximum Gasteiger partial charge on any atom is 0.246 e. The maximum absolute atomic E-state index is 14.0. The number of carbonyl (C=O) groups excluding carboxylic acids is 5. The minimum Gasteiger partial charge on any atom is -0.343 e. The summed E-state index contributed by atoms with van der Waals surface area (Å²) in [5.41, 5.74) is 3.30. The van der Waals surface area contributed by atoms with E-state index in [4.69, 9.17) is 5.21 Å². The Morgan fingerprint density at radius 3 is 1.98 bits per heavy atom. The molecular weight excluding hydrogens is 550 g/mol. The Balaban J connectivity index is 1.61. The topological polar surface area (TPSA) is 157 Å². The standard InChI is InChI=1S/C32H41N5O6/c38-28(36-43)18-9-3-8-16-24-29(39)34-25(20-22-12-4-1-5-13-22)30(40)35-26(21-23-14-6-2-7-15-23)32(42)37-19-11-10-17-27(37)31(41)33-24/h1-2,4-7,12-15,24-27,43H,3,8-11,16-21H2,(H,33,41)(H,34,39)(H,35,40)(H,36,38)/t24-,25-,26+,27-/m1/s1. The van der Waals surface area contributed by atoms with E-state index in [9.17, 15) is 24.0 Å². The second-order valence-corrected chi connectivity index (χ2v) is 11.2. The molecule has 5 N–H and O–H groups in total. The van der Waals surface area contributed by atoms with Crippen LogP contribution in [0.1, 0.15) is 62.5 Å². The van der Waals surface area contributed by atoms with Crippen molar-refractivity contribution in [3.8, 4) is 0 Å². The summed E-state index contributed by atoms with van der Waals surface area (Å²) in [5, 5.41) is 17.4. The van der Waals surface area contributed by atoms with E-state index < -0.39 is 47.8 Å². The van der Waals surface area contributed by atoms with Crippen LogP contribution in [-0.4, -0.2) is 70.4 Å². The molecule has 0 radical (unpaired) electrons. The van der Waals surface area contributed by atoms with E-state index in [1.54, 1.807) is 10.4 Å². The van der Waals surface area contributed by atoms with Gasteiger partial charge in [-0.15, -0.1) is 0 Å². The molecule has 0 aromatic heterocycles. The van der Waals surface area contributed by atoms with Crippen LogP contribution in [-0.2, 0) is 36.8 Å². The molecule has 2 heterocycles. The molecule has 2 saturated heterocycles. The lowest BCUT2D eigenvalue weighted by molar-refractivity contribution is -0.146. The SMILES string of the molecule is O=C(CCCCC[C@H]1NC(=O)[C@H]2CCCCN2C(=O)[C@H](Cc2ccccc2)NC(=O)[C@@H](Cc2ccccc2)NC1=O)NO. The molecule has 2 aliphatic rings. The number of rotatable bonds is 10. The molecule has 4 rings (SSSR count). The lowest BCUT2D eigenvalue weighted by atomic mass is 9.96. The Kier molecular flexibility index (Phi) is 11.7. The lowest BCUT2D eigenvalue weighted by Gasteiger charge is -2.38. The molecule has 2 fully saturated rings. The number of hydroxylamine groups is 1. The number of benzene rings is 2. The fourth-order valence-corrected chi connectivity index (χ4v) is 5.73. The van der Waals surface area contributed by atoms with E-state index in [-0.39, 0.29) is 31.6 Å². The Labute approximate surface area is 251 Å². The van der Waals surface area contributed by atoms with Gasteiger partial charge in [0.25, 0.3) is 0 Å². The van der Waals surface area contributed by atoms with Crippen molar-refractivity contribution in [2.75, 3.05) is 6.54 Å². The highest BCUT2D eigenvalue weighted by molar-refractivity contribution is 5.97. The van der Waals surface area contributed by atoms with Gasteiger partial charge in [-0.2, -0.15) is 0 Å². The van der Waals surface area contributed by atoms with Crippen molar-refractivity contribution in [1.82, 2.24) is 26.3 Å². The molecule has 0 aliphatic carbocycles. The van der Waals surface area contributed by atoms with Gasteiger partial charge in [-0.25, -0.2) is 5.48 Å². The molecule has 0 unspecified atom stereocenters. The molecule has 0 bridgehead atoms. The lowest BCUT2D eigenvalue weighted by Crippen LogP contribution is -2.63. The van der Waals surface area contributed by atoms with Crippen LogP contribution in [0.4, 0.5) is 0 Å². The van der Waals surface area contributed by atoms with Crippen molar-refractivity contribution >= 4 is 29.5 Å². The van der Waals surface area contributed by atoms with Crippen molar-refractivity contribution in [2.45, 2.75) is 88.4 Å². The predicted molar refractivity (Wildman–Crippen MR) is 158 cm³/mol. The second kappa shape index (κ2) is 15.8. The molecule has 2 aromatic carbocycles. The summed E-state index contributed by atoms with van der Waals surface area (Å²) >= 11 is 0. The zero-order valence-corrected chi connectivity index (χ0v) is 24.3. The smallest absolute Gasteiger partial charge is 0.246 e. The Hall–Kier alpha value is -4.25. The van der Waals surface area contributed by atoms with Gasteiger partial charge >= 0.3 is 0 Å².